The molecular weight excluding hydrogens is 238 g/mol. The van der Waals surface area contributed by atoms with Crippen molar-refractivity contribution < 1.29 is 4.52 Å². The molecule has 1 atom stereocenters. The van der Waals surface area contributed by atoms with Crippen LogP contribution in [-0.2, 0) is 5.54 Å². The Morgan fingerprint density at radius 1 is 1.32 bits per heavy atom. The highest BCUT2D eigenvalue weighted by atomic mass is 16.5. The molecule has 4 heteroatoms. The maximum atomic E-state index is 6.15. The monoisotopic (exact) mass is 265 g/mol. The maximum Gasteiger partial charge on any atom is 0.246 e. The van der Waals surface area contributed by atoms with Crippen LogP contribution in [0.2, 0.25) is 0 Å². The molecule has 1 heterocycles. The third-order valence-electron chi connectivity index (χ3n) is 4.74. The lowest BCUT2D eigenvalue weighted by atomic mass is 9.77. The van der Waals surface area contributed by atoms with Crippen molar-refractivity contribution in [2.45, 2.75) is 71.3 Å². The summed E-state index contributed by atoms with van der Waals surface area (Å²) in [6, 6.07) is 0. The van der Waals surface area contributed by atoms with Crippen LogP contribution < -0.4 is 5.73 Å². The van der Waals surface area contributed by atoms with Gasteiger partial charge in [0.05, 0.1) is 5.54 Å². The minimum Gasteiger partial charge on any atom is -0.337 e. The molecule has 19 heavy (non-hydrogen) atoms. The molecule has 1 unspecified atom stereocenters. The van der Waals surface area contributed by atoms with Crippen molar-refractivity contribution in [3.8, 4) is 0 Å². The fourth-order valence-electron chi connectivity index (χ4n) is 2.83. The Hall–Kier alpha value is -0.900. The van der Waals surface area contributed by atoms with Crippen LogP contribution in [0.5, 0.6) is 0 Å². The first kappa shape index (κ1) is 14.5. The average molecular weight is 265 g/mol. The number of hydrogen-bond acceptors (Lipinski definition) is 4. The van der Waals surface area contributed by atoms with Gasteiger partial charge < -0.3 is 10.3 Å². The molecule has 1 aliphatic carbocycles. The molecule has 1 aromatic rings. The fourth-order valence-corrected chi connectivity index (χ4v) is 2.83. The SMILES string of the molecule is CCC(C)(N)c1nc(C2CCC(C(C)C)CC2)no1. The van der Waals surface area contributed by atoms with Crippen molar-refractivity contribution in [2.24, 2.45) is 17.6 Å². The van der Waals surface area contributed by atoms with Crippen LogP contribution in [-0.4, -0.2) is 10.1 Å². The summed E-state index contributed by atoms with van der Waals surface area (Å²) in [5.41, 5.74) is 5.65. The summed E-state index contributed by atoms with van der Waals surface area (Å²) >= 11 is 0. The van der Waals surface area contributed by atoms with E-state index in [2.05, 4.69) is 24.0 Å². The number of rotatable bonds is 4. The molecule has 0 saturated heterocycles. The van der Waals surface area contributed by atoms with Gasteiger partial charge in [0.1, 0.15) is 0 Å². The smallest absolute Gasteiger partial charge is 0.246 e. The third-order valence-corrected chi connectivity index (χ3v) is 4.74. The predicted molar refractivity (Wildman–Crippen MR) is 75.7 cm³/mol. The molecule has 1 fully saturated rings. The Balaban J connectivity index is 2.01. The molecule has 0 spiro atoms. The molecule has 2 N–H and O–H groups in total. The van der Waals surface area contributed by atoms with E-state index in [4.69, 9.17) is 10.3 Å². The van der Waals surface area contributed by atoms with E-state index in [9.17, 15) is 0 Å². The Morgan fingerprint density at radius 2 is 1.95 bits per heavy atom. The van der Waals surface area contributed by atoms with Gasteiger partial charge in [-0.25, -0.2) is 0 Å². The molecule has 1 aromatic heterocycles. The first-order valence-corrected chi connectivity index (χ1v) is 7.57. The molecule has 4 nitrogen and oxygen atoms in total. The summed E-state index contributed by atoms with van der Waals surface area (Å²) in [6.45, 7) is 8.62. The zero-order valence-electron chi connectivity index (χ0n) is 12.6. The molecule has 1 saturated carbocycles. The van der Waals surface area contributed by atoms with Gasteiger partial charge in [-0.1, -0.05) is 25.9 Å². The lowest BCUT2D eigenvalue weighted by molar-refractivity contribution is 0.250. The second-order valence-electron chi connectivity index (χ2n) is 6.58. The van der Waals surface area contributed by atoms with Crippen molar-refractivity contribution in [2.75, 3.05) is 0 Å². The van der Waals surface area contributed by atoms with Gasteiger partial charge in [-0.05, 0) is 50.9 Å². The van der Waals surface area contributed by atoms with Gasteiger partial charge in [-0.3, -0.25) is 0 Å². The Labute approximate surface area is 116 Å². The van der Waals surface area contributed by atoms with Gasteiger partial charge in [-0.15, -0.1) is 0 Å². The summed E-state index contributed by atoms with van der Waals surface area (Å²) in [5.74, 6) is 3.55. The van der Waals surface area contributed by atoms with E-state index in [-0.39, 0.29) is 0 Å². The first-order valence-electron chi connectivity index (χ1n) is 7.57. The first-order chi connectivity index (χ1) is 8.94. The molecule has 0 aromatic carbocycles. The average Bonchev–Trinajstić information content (AvgIpc) is 2.89. The van der Waals surface area contributed by atoms with E-state index < -0.39 is 5.54 Å². The van der Waals surface area contributed by atoms with Crippen LogP contribution >= 0.6 is 0 Å². The van der Waals surface area contributed by atoms with Crippen molar-refractivity contribution in [3.63, 3.8) is 0 Å². The van der Waals surface area contributed by atoms with Gasteiger partial charge in [0.2, 0.25) is 5.89 Å². The van der Waals surface area contributed by atoms with Gasteiger partial charge in [0, 0.05) is 5.92 Å². The van der Waals surface area contributed by atoms with E-state index in [0.717, 1.165) is 24.1 Å². The van der Waals surface area contributed by atoms with Crippen molar-refractivity contribution >= 4 is 0 Å². The molecule has 0 amide bonds. The molecule has 108 valence electrons. The van der Waals surface area contributed by atoms with Crippen molar-refractivity contribution in [3.05, 3.63) is 11.7 Å². The second kappa shape index (κ2) is 5.61. The van der Waals surface area contributed by atoms with Gasteiger partial charge >= 0.3 is 0 Å². The Morgan fingerprint density at radius 3 is 2.47 bits per heavy atom. The van der Waals surface area contributed by atoms with E-state index in [1.165, 1.54) is 25.7 Å². The van der Waals surface area contributed by atoms with E-state index >= 15 is 0 Å². The van der Waals surface area contributed by atoms with Crippen LogP contribution in [0.4, 0.5) is 0 Å². The fraction of sp³-hybridized carbons (Fsp3) is 0.867. The molecule has 0 bridgehead atoms. The minimum absolute atomic E-state index is 0.458. The summed E-state index contributed by atoms with van der Waals surface area (Å²) in [6.07, 6.45) is 5.71. The van der Waals surface area contributed by atoms with Crippen molar-refractivity contribution in [1.82, 2.24) is 10.1 Å². The summed E-state index contributed by atoms with van der Waals surface area (Å²) in [4.78, 5) is 4.54. The number of nitrogens with zero attached hydrogens (tertiary/aromatic N) is 2. The normalized spacial score (nSPS) is 27.5. The van der Waals surface area contributed by atoms with E-state index in [0.29, 0.717) is 11.8 Å². The second-order valence-corrected chi connectivity index (χ2v) is 6.58. The Kier molecular flexibility index (Phi) is 4.29. The minimum atomic E-state index is -0.500. The van der Waals surface area contributed by atoms with Crippen molar-refractivity contribution in [1.29, 1.82) is 0 Å². The van der Waals surface area contributed by atoms with Crippen LogP contribution in [0.15, 0.2) is 4.52 Å². The maximum absolute atomic E-state index is 6.15. The highest BCUT2D eigenvalue weighted by Gasteiger charge is 2.30. The molecular formula is C15H27N3O. The summed E-state index contributed by atoms with van der Waals surface area (Å²) in [7, 11) is 0. The van der Waals surface area contributed by atoms with Gasteiger partial charge in [-0.2, -0.15) is 4.98 Å². The van der Waals surface area contributed by atoms with E-state index in [1.54, 1.807) is 0 Å². The molecule has 1 aliphatic rings. The molecule has 2 rings (SSSR count). The predicted octanol–water partition coefficient (Wildman–Crippen LogP) is 3.58. The lowest BCUT2D eigenvalue weighted by Gasteiger charge is -2.29. The van der Waals surface area contributed by atoms with Crippen LogP contribution in [0.1, 0.15) is 77.4 Å². The standard InChI is InChI=1S/C15H27N3O/c1-5-15(4,16)14-17-13(18-19-14)12-8-6-11(7-9-12)10(2)3/h10-12H,5-9,16H2,1-4H3. The number of hydrogen-bond donors (Lipinski definition) is 1. The number of nitrogens with two attached hydrogens (primary N) is 1. The topological polar surface area (TPSA) is 64.9 Å². The van der Waals surface area contributed by atoms with Gasteiger partial charge in [0.25, 0.3) is 0 Å². The quantitative estimate of drug-likeness (QED) is 0.903. The van der Waals surface area contributed by atoms with E-state index in [1.807, 2.05) is 13.8 Å². The summed E-state index contributed by atoms with van der Waals surface area (Å²) < 4.78 is 5.36. The third kappa shape index (κ3) is 3.16. The largest absolute Gasteiger partial charge is 0.337 e. The van der Waals surface area contributed by atoms with Gasteiger partial charge in [0.15, 0.2) is 5.82 Å². The zero-order valence-corrected chi connectivity index (χ0v) is 12.6. The summed E-state index contributed by atoms with van der Waals surface area (Å²) in [5, 5.41) is 4.16. The Bertz CT molecular complexity index is 403. The van der Waals surface area contributed by atoms with Crippen LogP contribution in [0, 0.1) is 11.8 Å². The molecule has 0 aliphatic heterocycles. The number of aromatic nitrogens is 2. The van der Waals surface area contributed by atoms with Crippen LogP contribution in [0.25, 0.3) is 0 Å². The zero-order chi connectivity index (χ0) is 14.0. The highest BCUT2D eigenvalue weighted by molar-refractivity contribution is 5.03. The lowest BCUT2D eigenvalue weighted by Crippen LogP contribution is -2.32. The van der Waals surface area contributed by atoms with Crippen LogP contribution in [0.3, 0.4) is 0 Å². The molecule has 0 radical (unpaired) electrons. The highest BCUT2D eigenvalue weighted by Crippen LogP contribution is 2.38.